The van der Waals surface area contributed by atoms with Gasteiger partial charge in [0.1, 0.15) is 11.6 Å². The number of piperazine rings is 1. The van der Waals surface area contributed by atoms with E-state index in [9.17, 15) is 9.90 Å². The van der Waals surface area contributed by atoms with Crippen molar-refractivity contribution in [1.29, 1.82) is 0 Å². The monoisotopic (exact) mass is 546 g/mol. The predicted octanol–water partition coefficient (Wildman–Crippen LogP) is 3.09. The van der Waals surface area contributed by atoms with Crippen molar-refractivity contribution >= 4 is 22.8 Å². The van der Waals surface area contributed by atoms with Gasteiger partial charge in [-0.1, -0.05) is 6.07 Å². The molecule has 3 fully saturated rings. The Hall–Kier alpha value is -3.72. The zero-order valence-electron chi connectivity index (χ0n) is 22.5. The standard InChI is InChI=1S/C29H34N6O5/c1-30-29(8-15-38-16-9-29)20-40-27-4-2-3-25(32-27)34-12-10-33(11-13-34)19-26-31-23-6-5-21(28(36)37)17-24(23)35(26)18-22-7-14-39-22/h2-6,17,22H,7-16,18-20H2,(H,36,37)/t22-/m0/s1. The number of fused-ring (bicyclic) bond motifs is 1. The van der Waals surface area contributed by atoms with E-state index in [2.05, 4.69) is 19.2 Å². The minimum atomic E-state index is -0.940. The number of aromatic carboxylic acids is 1. The van der Waals surface area contributed by atoms with Crippen molar-refractivity contribution in [3.05, 3.63) is 59.2 Å². The van der Waals surface area contributed by atoms with Gasteiger partial charge < -0.3 is 33.6 Å². The van der Waals surface area contributed by atoms with E-state index in [1.807, 2.05) is 18.2 Å². The number of carboxylic acid groups (broad SMARTS) is 1. The van der Waals surface area contributed by atoms with E-state index in [-0.39, 0.29) is 11.7 Å². The average Bonchev–Trinajstić information content (AvgIpc) is 3.30. The van der Waals surface area contributed by atoms with Crippen LogP contribution < -0.4 is 9.64 Å². The molecule has 3 aliphatic heterocycles. The van der Waals surface area contributed by atoms with E-state index in [4.69, 9.17) is 30.8 Å². The van der Waals surface area contributed by atoms with Gasteiger partial charge >= 0.3 is 5.97 Å². The van der Waals surface area contributed by atoms with Crippen molar-refractivity contribution in [2.75, 3.05) is 57.5 Å². The van der Waals surface area contributed by atoms with Crippen molar-refractivity contribution in [2.24, 2.45) is 0 Å². The zero-order chi connectivity index (χ0) is 27.5. The summed E-state index contributed by atoms with van der Waals surface area (Å²) < 4.78 is 19.3. The number of anilines is 1. The third-order valence-electron chi connectivity index (χ3n) is 8.17. The summed E-state index contributed by atoms with van der Waals surface area (Å²) in [5.74, 6) is 1.40. The third-order valence-corrected chi connectivity index (χ3v) is 8.17. The largest absolute Gasteiger partial charge is 0.478 e. The van der Waals surface area contributed by atoms with Gasteiger partial charge in [-0.05, 0) is 30.7 Å². The van der Waals surface area contributed by atoms with E-state index in [0.717, 1.165) is 61.9 Å². The number of nitrogens with zero attached hydrogens (tertiary/aromatic N) is 6. The lowest BCUT2D eigenvalue weighted by molar-refractivity contribution is -0.0592. The van der Waals surface area contributed by atoms with Crippen LogP contribution in [0.25, 0.3) is 15.9 Å². The minimum absolute atomic E-state index is 0.137. The van der Waals surface area contributed by atoms with Gasteiger partial charge in [0.15, 0.2) is 6.61 Å². The van der Waals surface area contributed by atoms with Gasteiger partial charge in [0.05, 0.1) is 61.8 Å². The summed E-state index contributed by atoms with van der Waals surface area (Å²) in [5.41, 5.74) is 1.38. The highest BCUT2D eigenvalue weighted by Gasteiger charge is 2.40. The molecule has 0 unspecified atom stereocenters. The summed E-state index contributed by atoms with van der Waals surface area (Å²) in [6, 6.07) is 10.9. The second-order valence-electron chi connectivity index (χ2n) is 10.8. The number of imidazole rings is 1. The van der Waals surface area contributed by atoms with Gasteiger partial charge in [-0.25, -0.2) is 16.4 Å². The quantitative estimate of drug-likeness (QED) is 0.405. The van der Waals surface area contributed by atoms with Gasteiger partial charge in [-0.3, -0.25) is 4.90 Å². The number of benzene rings is 1. The summed E-state index contributed by atoms with van der Waals surface area (Å²) in [6.07, 6.45) is 2.50. The SMILES string of the molecule is [C-]#[N+]C1(COc2cccc(N3CCN(Cc4nc5ccc(C(=O)O)cc5n4C[C@@H]4CCO4)CC3)n2)CCOCC1. The van der Waals surface area contributed by atoms with E-state index in [1.54, 1.807) is 18.2 Å². The molecule has 0 spiro atoms. The Morgan fingerprint density at radius 2 is 1.93 bits per heavy atom. The highest BCUT2D eigenvalue weighted by atomic mass is 16.5. The van der Waals surface area contributed by atoms with Crippen LogP contribution in [0.3, 0.4) is 0 Å². The van der Waals surface area contributed by atoms with Crippen molar-refractivity contribution in [2.45, 2.75) is 44.0 Å². The average molecular weight is 547 g/mol. The molecule has 11 heteroatoms. The number of carbonyl (C=O) groups is 1. The normalized spacial score (nSPS) is 21.1. The number of carboxylic acids is 1. The molecule has 40 heavy (non-hydrogen) atoms. The maximum atomic E-state index is 11.6. The number of hydrogen-bond donors (Lipinski definition) is 1. The van der Waals surface area contributed by atoms with Crippen LogP contribution >= 0.6 is 0 Å². The van der Waals surface area contributed by atoms with Crippen LogP contribution in [0, 0.1) is 6.57 Å². The molecule has 0 radical (unpaired) electrons. The maximum Gasteiger partial charge on any atom is 0.335 e. The fraction of sp³-hybridized carbons (Fsp3) is 0.517. The molecule has 3 aliphatic rings. The molecule has 5 heterocycles. The first-order valence-electron chi connectivity index (χ1n) is 13.9. The topological polar surface area (TPSA) is 107 Å². The molecular weight excluding hydrogens is 512 g/mol. The summed E-state index contributed by atoms with van der Waals surface area (Å²) in [4.78, 5) is 29.7. The lowest BCUT2D eigenvalue weighted by atomic mass is 9.92. The molecule has 1 aromatic carbocycles. The third kappa shape index (κ3) is 5.61. The van der Waals surface area contributed by atoms with Crippen molar-refractivity contribution in [3.8, 4) is 5.88 Å². The van der Waals surface area contributed by atoms with Crippen LogP contribution in [0.15, 0.2) is 36.4 Å². The molecule has 0 saturated carbocycles. The van der Waals surface area contributed by atoms with Crippen LogP contribution in [-0.2, 0) is 22.6 Å². The molecule has 2 aromatic heterocycles. The molecular formula is C29H34N6O5. The van der Waals surface area contributed by atoms with Crippen LogP contribution in [0.1, 0.15) is 35.4 Å². The Kier molecular flexibility index (Phi) is 7.56. The van der Waals surface area contributed by atoms with Gasteiger partial charge in [-0.2, -0.15) is 4.98 Å². The summed E-state index contributed by atoms with van der Waals surface area (Å²) in [6.45, 7) is 14.6. The van der Waals surface area contributed by atoms with E-state index >= 15 is 0 Å². The molecule has 3 saturated heterocycles. The lowest BCUT2D eigenvalue weighted by Gasteiger charge is -2.35. The van der Waals surface area contributed by atoms with Crippen LogP contribution in [0.5, 0.6) is 5.88 Å². The van der Waals surface area contributed by atoms with E-state index in [1.165, 1.54) is 0 Å². The predicted molar refractivity (Wildman–Crippen MR) is 148 cm³/mol. The maximum absolute atomic E-state index is 11.6. The smallest absolute Gasteiger partial charge is 0.335 e. The van der Waals surface area contributed by atoms with Crippen LogP contribution in [0.2, 0.25) is 0 Å². The molecule has 3 aromatic rings. The second-order valence-corrected chi connectivity index (χ2v) is 10.8. The first kappa shape index (κ1) is 26.5. The molecule has 210 valence electrons. The molecule has 11 nitrogen and oxygen atoms in total. The second kappa shape index (κ2) is 11.4. The first-order valence-corrected chi connectivity index (χ1v) is 13.9. The molecule has 6 rings (SSSR count). The minimum Gasteiger partial charge on any atom is -0.478 e. The van der Waals surface area contributed by atoms with E-state index in [0.29, 0.717) is 51.6 Å². The van der Waals surface area contributed by atoms with Gasteiger partial charge in [-0.15, -0.1) is 0 Å². The summed E-state index contributed by atoms with van der Waals surface area (Å²) in [5, 5.41) is 9.49. The Bertz CT molecular complexity index is 1400. The molecule has 0 amide bonds. The Morgan fingerprint density at radius 3 is 2.62 bits per heavy atom. The number of ether oxygens (including phenoxy) is 3. The Labute approximate surface area is 233 Å². The van der Waals surface area contributed by atoms with E-state index < -0.39 is 11.5 Å². The zero-order valence-corrected chi connectivity index (χ0v) is 22.5. The van der Waals surface area contributed by atoms with Gasteiger partial charge in [0, 0.05) is 38.9 Å². The molecule has 0 bridgehead atoms. The van der Waals surface area contributed by atoms with Crippen molar-refractivity contribution in [3.63, 3.8) is 0 Å². The number of aromatic nitrogens is 3. The molecule has 1 atom stereocenters. The van der Waals surface area contributed by atoms with Gasteiger partial charge in [0.25, 0.3) is 5.54 Å². The number of pyridine rings is 1. The number of hydrogen-bond acceptors (Lipinski definition) is 8. The van der Waals surface area contributed by atoms with Crippen molar-refractivity contribution < 1.29 is 24.1 Å². The Morgan fingerprint density at radius 1 is 1.12 bits per heavy atom. The number of rotatable bonds is 9. The highest BCUT2D eigenvalue weighted by molar-refractivity contribution is 5.92. The summed E-state index contributed by atoms with van der Waals surface area (Å²) >= 11 is 0. The summed E-state index contributed by atoms with van der Waals surface area (Å²) in [7, 11) is 0. The molecule has 1 N–H and O–H groups in total. The Balaban J connectivity index is 1.10. The fourth-order valence-corrected chi connectivity index (χ4v) is 5.51. The van der Waals surface area contributed by atoms with Crippen molar-refractivity contribution in [1.82, 2.24) is 19.4 Å². The first-order chi connectivity index (χ1) is 19.5. The highest BCUT2D eigenvalue weighted by Crippen LogP contribution is 2.28. The van der Waals surface area contributed by atoms with Gasteiger partial charge in [0.2, 0.25) is 5.88 Å². The van der Waals surface area contributed by atoms with Crippen LogP contribution in [-0.4, -0.2) is 94.8 Å². The molecule has 0 aliphatic carbocycles. The lowest BCUT2D eigenvalue weighted by Crippen LogP contribution is -2.46. The van der Waals surface area contributed by atoms with Crippen LogP contribution in [0.4, 0.5) is 5.82 Å². The fourth-order valence-electron chi connectivity index (χ4n) is 5.51.